The highest BCUT2D eigenvalue weighted by Crippen LogP contribution is 2.30. The highest BCUT2D eigenvalue weighted by molar-refractivity contribution is 5.82. The maximum absolute atomic E-state index is 12.8. The van der Waals surface area contributed by atoms with Crippen LogP contribution in [0, 0.1) is 5.92 Å². The van der Waals surface area contributed by atoms with Gasteiger partial charge in [0.25, 0.3) is 0 Å². The van der Waals surface area contributed by atoms with Crippen molar-refractivity contribution in [1.82, 2.24) is 30.4 Å². The molecule has 1 saturated heterocycles. The second-order valence-corrected chi connectivity index (χ2v) is 8.88. The first kappa shape index (κ1) is 23.8. The fourth-order valence-corrected chi connectivity index (χ4v) is 4.36. The van der Waals surface area contributed by atoms with Gasteiger partial charge in [0, 0.05) is 24.1 Å². The second kappa shape index (κ2) is 9.13. The van der Waals surface area contributed by atoms with Gasteiger partial charge < -0.3 is 15.2 Å². The third-order valence-electron chi connectivity index (χ3n) is 6.02. The molecule has 3 N–H and O–H groups in total. The van der Waals surface area contributed by atoms with Crippen LogP contribution in [0.15, 0.2) is 53.7 Å². The van der Waals surface area contributed by atoms with Gasteiger partial charge in [-0.1, -0.05) is 13.8 Å². The quantitative estimate of drug-likeness (QED) is 0.594. The molecule has 4 rings (SSSR count). The summed E-state index contributed by atoms with van der Waals surface area (Å²) in [5.41, 5.74) is 0.574. The SMILES string of the molecule is CC(C)[C@H]1[C@@H](C)NC(=O)N1C1=CC=NC(N[C@@H](C)c2cn(-c3ccc(C(F)(F)F)cc3)cn2)N1. The molecule has 0 saturated carbocycles. The highest BCUT2D eigenvalue weighted by Gasteiger charge is 2.41. The topological polar surface area (TPSA) is 86.6 Å². The normalized spacial score (nSPS) is 23.6. The van der Waals surface area contributed by atoms with Crippen LogP contribution in [0.1, 0.15) is 45.0 Å². The van der Waals surface area contributed by atoms with E-state index in [1.54, 1.807) is 34.3 Å². The zero-order valence-corrected chi connectivity index (χ0v) is 19.3. The van der Waals surface area contributed by atoms with E-state index in [0.29, 0.717) is 17.2 Å². The summed E-state index contributed by atoms with van der Waals surface area (Å²) >= 11 is 0. The molecule has 0 radical (unpaired) electrons. The summed E-state index contributed by atoms with van der Waals surface area (Å²) in [4.78, 5) is 23.1. The first-order valence-electron chi connectivity index (χ1n) is 11.1. The molecule has 1 unspecified atom stereocenters. The Hall–Kier alpha value is -3.34. The van der Waals surface area contributed by atoms with Crippen molar-refractivity contribution in [1.29, 1.82) is 0 Å². The molecule has 2 aromatic rings. The summed E-state index contributed by atoms with van der Waals surface area (Å²) in [6, 6.07) is 4.56. The number of carbonyl (C=O) groups excluding carboxylic acids is 1. The minimum absolute atomic E-state index is 0.00950. The van der Waals surface area contributed by atoms with Crippen molar-refractivity contribution in [3.63, 3.8) is 0 Å². The summed E-state index contributed by atoms with van der Waals surface area (Å²) in [6.07, 6.45) is 1.89. The number of carbonyl (C=O) groups is 1. The van der Waals surface area contributed by atoms with Crippen molar-refractivity contribution < 1.29 is 18.0 Å². The summed E-state index contributed by atoms with van der Waals surface area (Å²) in [7, 11) is 0. The van der Waals surface area contributed by atoms with Gasteiger partial charge >= 0.3 is 12.2 Å². The van der Waals surface area contributed by atoms with Gasteiger partial charge in [-0.2, -0.15) is 13.2 Å². The number of halogens is 3. The monoisotopic (exact) mass is 475 g/mol. The molecule has 2 aliphatic rings. The number of nitrogens with one attached hydrogen (secondary N) is 3. The number of hydrogen-bond acceptors (Lipinski definition) is 5. The lowest BCUT2D eigenvalue weighted by Gasteiger charge is -2.33. The van der Waals surface area contributed by atoms with Gasteiger partial charge in [0.2, 0.25) is 0 Å². The number of aromatic nitrogens is 2. The van der Waals surface area contributed by atoms with Crippen LogP contribution in [-0.4, -0.2) is 45.1 Å². The number of nitrogens with zero attached hydrogens (tertiary/aromatic N) is 4. The third-order valence-corrected chi connectivity index (χ3v) is 6.02. The van der Waals surface area contributed by atoms with E-state index in [0.717, 1.165) is 12.1 Å². The molecule has 1 fully saturated rings. The van der Waals surface area contributed by atoms with Crippen molar-refractivity contribution in [2.24, 2.45) is 10.9 Å². The van der Waals surface area contributed by atoms with E-state index in [1.165, 1.54) is 12.1 Å². The standard InChI is InChI=1S/C23H28F3N7O/c1-13(2)20-15(4)30-22(34)33(20)19-9-10-27-21(31-19)29-14(3)18-11-32(12-28-18)17-7-5-16(6-8-17)23(24,25)26/h5-15,20-21,29,31H,1-4H3,(H,30,34)/t14-,15+,20-,21?/m0/s1. The number of imidazole rings is 1. The molecular formula is C23H28F3N7O. The number of alkyl halides is 3. The predicted octanol–water partition coefficient (Wildman–Crippen LogP) is 3.78. The molecule has 2 aliphatic heterocycles. The Labute approximate surface area is 195 Å². The fraction of sp³-hybridized carbons (Fsp3) is 0.435. The Balaban J connectivity index is 1.42. The Morgan fingerprint density at radius 3 is 2.47 bits per heavy atom. The number of rotatable bonds is 6. The van der Waals surface area contributed by atoms with Crippen LogP contribution in [0.25, 0.3) is 5.69 Å². The first-order chi connectivity index (χ1) is 16.0. The van der Waals surface area contributed by atoms with Gasteiger partial charge in [-0.25, -0.2) is 9.78 Å². The Bertz CT molecular complexity index is 1090. The van der Waals surface area contributed by atoms with Crippen LogP contribution in [-0.2, 0) is 6.18 Å². The Morgan fingerprint density at radius 1 is 1.12 bits per heavy atom. The molecule has 182 valence electrons. The molecule has 0 spiro atoms. The minimum Gasteiger partial charge on any atom is -0.337 e. The van der Waals surface area contributed by atoms with E-state index in [2.05, 4.69) is 39.8 Å². The number of allylic oxidation sites excluding steroid dienone is 1. The smallest absolute Gasteiger partial charge is 0.337 e. The third kappa shape index (κ3) is 4.79. The van der Waals surface area contributed by atoms with E-state index in [4.69, 9.17) is 0 Å². The summed E-state index contributed by atoms with van der Waals surface area (Å²) in [5, 5.41) is 9.56. The molecular weight excluding hydrogens is 447 g/mol. The van der Waals surface area contributed by atoms with Crippen molar-refractivity contribution in [2.75, 3.05) is 0 Å². The van der Waals surface area contributed by atoms with E-state index >= 15 is 0 Å². The van der Waals surface area contributed by atoms with E-state index in [1.807, 2.05) is 13.8 Å². The summed E-state index contributed by atoms with van der Waals surface area (Å²) < 4.78 is 40.1. The van der Waals surface area contributed by atoms with Crippen LogP contribution in [0.3, 0.4) is 0 Å². The minimum atomic E-state index is -4.37. The number of aliphatic imine (C=N–C) groups is 1. The lowest BCUT2D eigenvalue weighted by Crippen LogP contribution is -2.50. The lowest BCUT2D eigenvalue weighted by atomic mass is 9.98. The second-order valence-electron chi connectivity index (χ2n) is 8.88. The first-order valence-corrected chi connectivity index (χ1v) is 11.1. The van der Waals surface area contributed by atoms with Gasteiger partial charge in [0.1, 0.15) is 5.82 Å². The largest absolute Gasteiger partial charge is 0.416 e. The number of hydrogen-bond donors (Lipinski definition) is 3. The Morgan fingerprint density at radius 2 is 1.82 bits per heavy atom. The van der Waals surface area contributed by atoms with Crippen LogP contribution < -0.4 is 16.0 Å². The predicted molar refractivity (Wildman–Crippen MR) is 122 cm³/mol. The average Bonchev–Trinajstić information content (AvgIpc) is 3.38. The average molecular weight is 476 g/mol. The number of amides is 2. The molecule has 34 heavy (non-hydrogen) atoms. The molecule has 1 aromatic heterocycles. The van der Waals surface area contributed by atoms with Gasteiger partial charge in [0.05, 0.1) is 29.7 Å². The molecule has 4 atom stereocenters. The molecule has 3 heterocycles. The molecule has 0 bridgehead atoms. The van der Waals surface area contributed by atoms with Crippen LogP contribution in [0.2, 0.25) is 0 Å². The van der Waals surface area contributed by atoms with E-state index in [9.17, 15) is 18.0 Å². The van der Waals surface area contributed by atoms with Crippen molar-refractivity contribution >= 4 is 12.2 Å². The van der Waals surface area contributed by atoms with Crippen molar-refractivity contribution in [3.05, 3.63) is 59.9 Å². The molecule has 2 amide bonds. The molecule has 1 aromatic carbocycles. The van der Waals surface area contributed by atoms with Gasteiger partial charge in [-0.3, -0.25) is 15.2 Å². The van der Waals surface area contributed by atoms with Crippen molar-refractivity contribution in [2.45, 2.75) is 58.3 Å². The van der Waals surface area contributed by atoms with Gasteiger partial charge in [0.15, 0.2) is 6.29 Å². The fourth-order valence-electron chi connectivity index (χ4n) is 4.36. The summed E-state index contributed by atoms with van der Waals surface area (Å²) in [6.45, 7) is 8.06. The van der Waals surface area contributed by atoms with Crippen LogP contribution >= 0.6 is 0 Å². The Kier molecular flexibility index (Phi) is 6.39. The maximum Gasteiger partial charge on any atom is 0.416 e. The molecule has 11 heteroatoms. The van der Waals surface area contributed by atoms with E-state index in [-0.39, 0.29) is 30.1 Å². The highest BCUT2D eigenvalue weighted by atomic mass is 19.4. The van der Waals surface area contributed by atoms with Crippen molar-refractivity contribution in [3.8, 4) is 5.69 Å². The number of urea groups is 1. The van der Waals surface area contributed by atoms with Gasteiger partial charge in [-0.15, -0.1) is 0 Å². The zero-order valence-electron chi connectivity index (χ0n) is 19.3. The van der Waals surface area contributed by atoms with E-state index < -0.39 is 18.0 Å². The van der Waals surface area contributed by atoms with Crippen LogP contribution in [0.4, 0.5) is 18.0 Å². The molecule has 0 aliphatic carbocycles. The van der Waals surface area contributed by atoms with Gasteiger partial charge in [-0.05, 0) is 50.1 Å². The molecule has 8 nitrogen and oxygen atoms in total. The maximum atomic E-state index is 12.8. The zero-order chi connectivity index (χ0) is 24.6. The lowest BCUT2D eigenvalue weighted by molar-refractivity contribution is -0.137. The summed E-state index contributed by atoms with van der Waals surface area (Å²) in [5.74, 6) is 0.922. The van der Waals surface area contributed by atoms with Crippen LogP contribution in [0.5, 0.6) is 0 Å². The number of benzene rings is 1.